The largest absolute Gasteiger partial charge is 0.472 e. The molecule has 1 aromatic rings. The lowest BCUT2D eigenvalue weighted by Crippen LogP contribution is -2.52. The minimum absolute atomic E-state index is 0.0645. The summed E-state index contributed by atoms with van der Waals surface area (Å²) in [6.07, 6.45) is 12.4. The number of aromatic nitrogens is 1. The Hall–Kier alpha value is -2.61. The van der Waals surface area contributed by atoms with Gasteiger partial charge >= 0.3 is 6.03 Å². The van der Waals surface area contributed by atoms with Crippen LogP contribution in [-0.4, -0.2) is 76.8 Å². The summed E-state index contributed by atoms with van der Waals surface area (Å²) in [6, 6.07) is 1.70. The van der Waals surface area contributed by atoms with Crippen molar-refractivity contribution in [2.24, 2.45) is 5.92 Å². The van der Waals surface area contributed by atoms with Gasteiger partial charge in [-0.15, -0.1) is 0 Å². The molecule has 4 rings (SSSR count). The number of likely N-dealkylation sites (N-methyl/N-ethyl adjacent to an activating group) is 1. The lowest BCUT2D eigenvalue weighted by Gasteiger charge is -2.38. The van der Waals surface area contributed by atoms with Crippen molar-refractivity contribution in [2.75, 3.05) is 26.7 Å². The van der Waals surface area contributed by atoms with Gasteiger partial charge in [0.25, 0.3) is 5.91 Å². The number of ether oxygens (including phenoxy) is 1. The van der Waals surface area contributed by atoms with E-state index in [1.54, 1.807) is 23.0 Å². The van der Waals surface area contributed by atoms with Crippen LogP contribution in [0.4, 0.5) is 4.79 Å². The minimum atomic E-state index is -0.346. The first-order valence-electron chi connectivity index (χ1n) is 13.2. The highest BCUT2D eigenvalue weighted by atomic mass is 16.5. The third kappa shape index (κ3) is 5.97. The first-order valence-corrected chi connectivity index (χ1v) is 13.2. The molecule has 0 spiro atoms. The Balaban J connectivity index is 1.59. The van der Waals surface area contributed by atoms with Crippen LogP contribution in [0.15, 0.2) is 18.3 Å². The van der Waals surface area contributed by atoms with Crippen LogP contribution in [0.25, 0.3) is 5.57 Å². The van der Waals surface area contributed by atoms with E-state index in [2.05, 4.69) is 16.4 Å². The summed E-state index contributed by atoms with van der Waals surface area (Å²) in [5.74, 6) is 0.0572. The molecule has 3 aliphatic rings. The number of carbonyl (C=O) groups is 2. The Kier molecular flexibility index (Phi) is 8.31. The Morgan fingerprint density at radius 3 is 2.77 bits per heavy atom. The van der Waals surface area contributed by atoms with Crippen LogP contribution >= 0.6 is 0 Å². The molecular formula is C27H40N4O4. The average Bonchev–Trinajstić information content (AvgIpc) is 3.39. The summed E-state index contributed by atoms with van der Waals surface area (Å²) in [5, 5.41) is 13.0. The maximum atomic E-state index is 13.6. The number of allylic oxidation sites excluding steroid dienone is 2. The zero-order valence-electron chi connectivity index (χ0n) is 21.3. The Bertz CT molecular complexity index is 943. The number of carbonyl (C=O) groups excluding carboxylic acids is 2. The molecule has 0 unspecified atom stereocenters. The van der Waals surface area contributed by atoms with Gasteiger partial charge in [0, 0.05) is 31.7 Å². The summed E-state index contributed by atoms with van der Waals surface area (Å²) in [4.78, 5) is 34.4. The fourth-order valence-corrected chi connectivity index (χ4v) is 5.30. The molecule has 8 nitrogen and oxygen atoms in total. The van der Waals surface area contributed by atoms with E-state index in [0.717, 1.165) is 50.5 Å². The summed E-state index contributed by atoms with van der Waals surface area (Å²) in [5.41, 5.74) is 2.59. The number of aliphatic hydroxyl groups excluding tert-OH is 1. The number of urea groups is 1. The van der Waals surface area contributed by atoms with Crippen LogP contribution < -0.4 is 10.1 Å². The van der Waals surface area contributed by atoms with Crippen LogP contribution in [0.2, 0.25) is 0 Å². The minimum Gasteiger partial charge on any atom is -0.472 e. The molecule has 3 atom stereocenters. The van der Waals surface area contributed by atoms with Crippen LogP contribution in [0.5, 0.6) is 5.88 Å². The highest BCUT2D eigenvalue weighted by Crippen LogP contribution is 2.32. The third-order valence-electron chi connectivity index (χ3n) is 7.67. The van der Waals surface area contributed by atoms with Crippen LogP contribution in [0.3, 0.4) is 0 Å². The van der Waals surface area contributed by atoms with Gasteiger partial charge in [-0.2, -0.15) is 0 Å². The van der Waals surface area contributed by atoms with Gasteiger partial charge in [-0.25, -0.2) is 9.78 Å². The Morgan fingerprint density at radius 2 is 2.09 bits per heavy atom. The quantitative estimate of drug-likeness (QED) is 0.640. The smallest absolute Gasteiger partial charge is 0.317 e. The van der Waals surface area contributed by atoms with Crippen molar-refractivity contribution in [2.45, 2.75) is 83.4 Å². The van der Waals surface area contributed by atoms with E-state index >= 15 is 0 Å². The van der Waals surface area contributed by atoms with E-state index in [4.69, 9.17) is 4.74 Å². The first kappa shape index (κ1) is 25.5. The molecule has 2 N–H and O–H groups in total. The number of hydrogen-bond donors (Lipinski definition) is 2. The van der Waals surface area contributed by atoms with Crippen LogP contribution in [-0.2, 0) is 0 Å². The maximum Gasteiger partial charge on any atom is 0.317 e. The lowest BCUT2D eigenvalue weighted by molar-refractivity contribution is 0.0351. The predicted molar refractivity (Wildman–Crippen MR) is 135 cm³/mol. The first-order chi connectivity index (χ1) is 16.9. The highest BCUT2D eigenvalue weighted by Gasteiger charge is 2.35. The molecule has 1 aliphatic heterocycles. The zero-order chi connectivity index (χ0) is 24.9. The van der Waals surface area contributed by atoms with Gasteiger partial charge in [0.2, 0.25) is 5.88 Å². The second-order valence-corrected chi connectivity index (χ2v) is 10.5. The Morgan fingerprint density at radius 1 is 1.31 bits per heavy atom. The number of hydrogen-bond acceptors (Lipinski definition) is 5. The fraction of sp³-hybridized carbons (Fsp3) is 0.667. The van der Waals surface area contributed by atoms with Crippen molar-refractivity contribution in [3.05, 3.63) is 29.5 Å². The molecule has 35 heavy (non-hydrogen) atoms. The molecule has 192 valence electrons. The van der Waals surface area contributed by atoms with E-state index in [0.29, 0.717) is 24.5 Å². The van der Waals surface area contributed by atoms with Crippen molar-refractivity contribution in [3.63, 3.8) is 0 Å². The van der Waals surface area contributed by atoms with E-state index in [1.807, 2.05) is 19.9 Å². The van der Waals surface area contributed by atoms with Crippen molar-refractivity contribution in [3.8, 4) is 5.88 Å². The molecule has 0 saturated heterocycles. The van der Waals surface area contributed by atoms with Gasteiger partial charge in [0.15, 0.2) is 0 Å². The van der Waals surface area contributed by atoms with Crippen molar-refractivity contribution in [1.82, 2.24) is 20.1 Å². The molecule has 8 heteroatoms. The number of rotatable bonds is 6. The van der Waals surface area contributed by atoms with Gasteiger partial charge in [-0.1, -0.05) is 25.8 Å². The van der Waals surface area contributed by atoms with Crippen molar-refractivity contribution in [1.29, 1.82) is 0 Å². The zero-order valence-corrected chi connectivity index (χ0v) is 21.3. The number of amides is 3. The normalized spacial score (nSPS) is 24.1. The predicted octanol–water partition coefficient (Wildman–Crippen LogP) is 3.84. The van der Waals surface area contributed by atoms with Crippen LogP contribution in [0, 0.1) is 5.92 Å². The maximum absolute atomic E-state index is 13.6. The van der Waals surface area contributed by atoms with Crippen molar-refractivity contribution < 1.29 is 19.4 Å². The standard InChI is InChI=1S/C27H40N4O4/c1-18-15-31(19(2)17-32)26(33)23-13-21(20-9-5-4-6-10-20)14-28-25(23)35-24(18)16-30(3)27(34)29-22-11-7-8-12-22/h9,13-14,18-19,22,24,32H,4-8,10-12,15-17H2,1-3H3,(H,29,34)/t18-,19-,24+/m0/s1. The molecule has 1 aromatic heterocycles. The van der Waals surface area contributed by atoms with Gasteiger partial charge in [-0.05, 0) is 62.7 Å². The monoisotopic (exact) mass is 484 g/mol. The molecule has 0 aromatic carbocycles. The summed E-state index contributed by atoms with van der Waals surface area (Å²) >= 11 is 0. The van der Waals surface area contributed by atoms with Crippen LogP contribution in [0.1, 0.15) is 81.1 Å². The highest BCUT2D eigenvalue weighted by molar-refractivity contribution is 5.97. The average molecular weight is 485 g/mol. The van der Waals surface area contributed by atoms with E-state index < -0.39 is 0 Å². The molecule has 3 amide bonds. The number of nitrogens with zero attached hydrogens (tertiary/aromatic N) is 3. The lowest BCUT2D eigenvalue weighted by atomic mass is 9.93. The molecule has 2 aliphatic carbocycles. The summed E-state index contributed by atoms with van der Waals surface area (Å²) in [6.45, 7) is 4.55. The molecule has 0 bridgehead atoms. The third-order valence-corrected chi connectivity index (χ3v) is 7.67. The van der Waals surface area contributed by atoms with E-state index in [-0.39, 0.29) is 42.7 Å². The van der Waals surface area contributed by atoms with Crippen molar-refractivity contribution >= 4 is 17.5 Å². The summed E-state index contributed by atoms with van der Waals surface area (Å²) < 4.78 is 6.35. The van der Waals surface area contributed by atoms with E-state index in [9.17, 15) is 14.7 Å². The number of fused-ring (bicyclic) bond motifs is 1. The summed E-state index contributed by atoms with van der Waals surface area (Å²) in [7, 11) is 1.78. The van der Waals surface area contributed by atoms with Gasteiger partial charge in [-0.3, -0.25) is 4.79 Å². The van der Waals surface area contributed by atoms with E-state index in [1.165, 1.54) is 12.0 Å². The number of nitrogens with one attached hydrogen (secondary N) is 1. The number of aliphatic hydroxyl groups is 1. The molecule has 1 saturated carbocycles. The number of pyridine rings is 1. The topological polar surface area (TPSA) is 95.0 Å². The molecule has 0 radical (unpaired) electrons. The fourth-order valence-electron chi connectivity index (χ4n) is 5.30. The van der Waals surface area contributed by atoms with Gasteiger partial charge in [0.05, 0.1) is 19.2 Å². The second-order valence-electron chi connectivity index (χ2n) is 10.5. The Labute approximate surface area is 208 Å². The second kappa shape index (κ2) is 11.4. The SMILES string of the molecule is C[C@H]1CN([C@@H](C)CO)C(=O)c2cc(C3=CCCCC3)cnc2O[C@@H]1CN(C)C(=O)NC1CCCC1. The molecule has 1 fully saturated rings. The van der Waals surface area contributed by atoms with Gasteiger partial charge in [0.1, 0.15) is 11.7 Å². The molecule has 2 heterocycles. The van der Waals surface area contributed by atoms with Gasteiger partial charge < -0.3 is 25.0 Å². The molecular weight excluding hydrogens is 444 g/mol.